The summed E-state index contributed by atoms with van der Waals surface area (Å²) in [7, 11) is 0. The molecule has 0 radical (unpaired) electrons. The number of ether oxygens (including phenoxy) is 2. The molecule has 0 aromatic carbocycles. The van der Waals surface area contributed by atoms with E-state index in [9.17, 15) is 9.59 Å². The van der Waals surface area contributed by atoms with Gasteiger partial charge in [0.25, 0.3) is 0 Å². The summed E-state index contributed by atoms with van der Waals surface area (Å²) < 4.78 is 9.80. The van der Waals surface area contributed by atoms with Crippen molar-refractivity contribution in [2.75, 3.05) is 18.5 Å². The fourth-order valence-corrected chi connectivity index (χ4v) is 2.68. The van der Waals surface area contributed by atoms with Gasteiger partial charge in [-0.05, 0) is 33.3 Å². The number of thiophene rings is 1. The molecule has 1 N–H and O–H groups in total. The first-order valence-electron chi connectivity index (χ1n) is 6.77. The first-order chi connectivity index (χ1) is 10.5. The molecule has 1 heterocycles. The molecule has 0 aliphatic heterocycles. The molecule has 7 heteroatoms. The molecule has 118 valence electrons. The zero-order valence-corrected chi connectivity index (χ0v) is 13.8. The van der Waals surface area contributed by atoms with Gasteiger partial charge in [0.15, 0.2) is 5.57 Å². The highest BCUT2D eigenvalue weighted by atomic mass is 32.1. The third kappa shape index (κ3) is 4.09. The Bertz CT molecular complexity index is 641. The van der Waals surface area contributed by atoms with Crippen molar-refractivity contribution in [2.45, 2.75) is 27.7 Å². The van der Waals surface area contributed by atoms with Gasteiger partial charge in [-0.15, -0.1) is 11.3 Å². The van der Waals surface area contributed by atoms with Crippen LogP contribution in [0.3, 0.4) is 0 Å². The first kappa shape index (κ1) is 17.7. The van der Waals surface area contributed by atoms with Crippen LogP contribution in [-0.2, 0) is 14.3 Å². The Hall–Kier alpha value is -2.33. The van der Waals surface area contributed by atoms with E-state index in [1.165, 1.54) is 17.5 Å². The first-order valence-corrected chi connectivity index (χ1v) is 7.58. The van der Waals surface area contributed by atoms with Crippen LogP contribution in [0.25, 0.3) is 0 Å². The van der Waals surface area contributed by atoms with Gasteiger partial charge in [0.1, 0.15) is 11.1 Å². The molecular formula is C15H18N2O4S. The summed E-state index contributed by atoms with van der Waals surface area (Å²) in [5, 5.41) is 12.3. The second-order valence-electron chi connectivity index (χ2n) is 4.24. The molecular weight excluding hydrogens is 304 g/mol. The minimum Gasteiger partial charge on any atom is -0.462 e. The normalized spacial score (nSPS) is 10.8. The van der Waals surface area contributed by atoms with E-state index in [-0.39, 0.29) is 18.8 Å². The minimum absolute atomic E-state index is 0.166. The Morgan fingerprint density at radius 1 is 1.27 bits per heavy atom. The van der Waals surface area contributed by atoms with Crippen LogP contribution < -0.4 is 5.32 Å². The molecule has 0 saturated carbocycles. The van der Waals surface area contributed by atoms with Crippen molar-refractivity contribution in [2.24, 2.45) is 0 Å². The topological polar surface area (TPSA) is 88.4 Å². The summed E-state index contributed by atoms with van der Waals surface area (Å²) >= 11 is 1.35. The minimum atomic E-state index is -0.708. The van der Waals surface area contributed by atoms with Gasteiger partial charge in [0.2, 0.25) is 0 Å². The fraction of sp³-hybridized carbons (Fsp3) is 0.400. The third-order valence-corrected chi connectivity index (χ3v) is 3.97. The average molecular weight is 322 g/mol. The van der Waals surface area contributed by atoms with E-state index in [4.69, 9.17) is 14.7 Å². The highest BCUT2D eigenvalue weighted by Gasteiger charge is 2.20. The van der Waals surface area contributed by atoms with E-state index in [1.54, 1.807) is 19.9 Å². The van der Waals surface area contributed by atoms with Crippen molar-refractivity contribution in [1.29, 1.82) is 5.26 Å². The number of rotatable bonds is 6. The zero-order chi connectivity index (χ0) is 16.7. The van der Waals surface area contributed by atoms with Crippen LogP contribution in [0.1, 0.15) is 34.6 Å². The van der Waals surface area contributed by atoms with Crippen LogP contribution in [0.2, 0.25) is 0 Å². The molecule has 0 aliphatic carbocycles. The predicted molar refractivity (Wildman–Crippen MR) is 83.7 cm³/mol. The average Bonchev–Trinajstić information content (AvgIpc) is 2.75. The molecule has 0 atom stereocenters. The SMILES string of the molecule is CCOC(=O)C(C#N)=CNc1sc(C)c(C)c1C(=O)OCC. The molecule has 0 bridgehead atoms. The summed E-state index contributed by atoms with van der Waals surface area (Å²) in [6.07, 6.45) is 1.24. The van der Waals surface area contributed by atoms with Crippen molar-refractivity contribution in [3.63, 3.8) is 0 Å². The second kappa shape index (κ2) is 8.20. The van der Waals surface area contributed by atoms with E-state index in [2.05, 4.69) is 5.32 Å². The number of hydrogen-bond acceptors (Lipinski definition) is 7. The van der Waals surface area contributed by atoms with E-state index in [1.807, 2.05) is 13.8 Å². The van der Waals surface area contributed by atoms with Gasteiger partial charge in [-0.25, -0.2) is 9.59 Å². The molecule has 22 heavy (non-hydrogen) atoms. The summed E-state index contributed by atoms with van der Waals surface area (Å²) in [5.74, 6) is -1.14. The van der Waals surface area contributed by atoms with Gasteiger partial charge < -0.3 is 14.8 Å². The number of carbonyl (C=O) groups excluding carboxylic acids is 2. The van der Waals surface area contributed by atoms with Crippen molar-refractivity contribution in [3.05, 3.63) is 27.8 Å². The summed E-state index contributed by atoms with van der Waals surface area (Å²) in [6, 6.07) is 1.76. The molecule has 6 nitrogen and oxygen atoms in total. The van der Waals surface area contributed by atoms with Crippen molar-refractivity contribution < 1.29 is 19.1 Å². The quantitative estimate of drug-likeness (QED) is 0.492. The van der Waals surface area contributed by atoms with Crippen LogP contribution in [-0.4, -0.2) is 25.2 Å². The number of aryl methyl sites for hydroxylation is 1. The number of nitrogens with zero attached hydrogens (tertiary/aromatic N) is 1. The summed E-state index contributed by atoms with van der Waals surface area (Å²) in [4.78, 5) is 24.5. The van der Waals surface area contributed by atoms with Crippen LogP contribution in [0.5, 0.6) is 0 Å². The number of anilines is 1. The van der Waals surface area contributed by atoms with Crippen LogP contribution >= 0.6 is 11.3 Å². The van der Waals surface area contributed by atoms with Crippen molar-refractivity contribution in [3.8, 4) is 6.07 Å². The summed E-state index contributed by atoms with van der Waals surface area (Å²) in [6.45, 7) is 7.55. The molecule has 0 fully saturated rings. The van der Waals surface area contributed by atoms with Crippen molar-refractivity contribution in [1.82, 2.24) is 0 Å². The van der Waals surface area contributed by atoms with E-state index in [0.29, 0.717) is 10.6 Å². The predicted octanol–water partition coefficient (Wildman–Crippen LogP) is 2.92. The Balaban J connectivity index is 3.08. The van der Waals surface area contributed by atoms with Crippen molar-refractivity contribution >= 4 is 28.3 Å². The van der Waals surface area contributed by atoms with Crippen LogP contribution in [0.15, 0.2) is 11.8 Å². The smallest absolute Gasteiger partial charge is 0.350 e. The van der Waals surface area contributed by atoms with Gasteiger partial charge in [-0.2, -0.15) is 5.26 Å². The standard InChI is InChI=1S/C15H18N2O4S/c1-5-20-14(18)11(7-16)8-17-13-12(15(19)21-6-2)9(3)10(4)22-13/h8,17H,5-6H2,1-4H3. The molecule has 1 aromatic heterocycles. The third-order valence-electron chi connectivity index (χ3n) is 2.83. The lowest BCUT2D eigenvalue weighted by atomic mass is 10.1. The van der Waals surface area contributed by atoms with Gasteiger partial charge in [0, 0.05) is 11.1 Å². The van der Waals surface area contributed by atoms with Gasteiger partial charge in [-0.3, -0.25) is 0 Å². The van der Waals surface area contributed by atoms with Gasteiger partial charge in [-0.1, -0.05) is 0 Å². The number of nitrogens with one attached hydrogen (secondary N) is 1. The van der Waals surface area contributed by atoms with Gasteiger partial charge >= 0.3 is 11.9 Å². The number of carbonyl (C=O) groups is 2. The molecule has 0 aliphatic rings. The summed E-state index contributed by atoms with van der Waals surface area (Å²) in [5.41, 5.74) is 1.07. The largest absolute Gasteiger partial charge is 0.462 e. The fourth-order valence-electron chi connectivity index (χ4n) is 1.66. The molecule has 1 rings (SSSR count). The molecule has 0 spiro atoms. The Morgan fingerprint density at radius 2 is 1.91 bits per heavy atom. The maximum atomic E-state index is 12.0. The van der Waals surface area contributed by atoms with E-state index < -0.39 is 11.9 Å². The Morgan fingerprint density at radius 3 is 2.45 bits per heavy atom. The van der Waals surface area contributed by atoms with Crippen LogP contribution in [0.4, 0.5) is 5.00 Å². The number of hydrogen-bond donors (Lipinski definition) is 1. The highest BCUT2D eigenvalue weighted by molar-refractivity contribution is 7.16. The lowest BCUT2D eigenvalue weighted by molar-refractivity contribution is -0.138. The molecule has 0 saturated heterocycles. The molecule has 0 amide bonds. The zero-order valence-electron chi connectivity index (χ0n) is 13.0. The number of esters is 2. The Labute approximate surface area is 133 Å². The molecule has 1 aromatic rings. The number of nitriles is 1. The van der Waals surface area contributed by atoms with E-state index >= 15 is 0 Å². The van der Waals surface area contributed by atoms with Crippen LogP contribution in [0, 0.1) is 25.2 Å². The maximum Gasteiger partial charge on any atom is 0.350 e. The monoisotopic (exact) mass is 322 g/mol. The highest BCUT2D eigenvalue weighted by Crippen LogP contribution is 2.33. The van der Waals surface area contributed by atoms with E-state index in [0.717, 1.165) is 10.4 Å². The Kier molecular flexibility index (Phi) is 6.60. The second-order valence-corrected chi connectivity index (χ2v) is 5.47. The lowest BCUT2D eigenvalue weighted by Crippen LogP contribution is -2.10. The van der Waals surface area contributed by atoms with Gasteiger partial charge in [0.05, 0.1) is 18.8 Å². The lowest BCUT2D eigenvalue weighted by Gasteiger charge is -2.05. The molecule has 0 unspecified atom stereocenters. The maximum absolute atomic E-state index is 12.0.